The molecule has 1 saturated carbocycles. The molecule has 0 aliphatic heterocycles. The Morgan fingerprint density at radius 1 is 0.889 bits per heavy atom. The van der Waals surface area contributed by atoms with Crippen LogP contribution in [0.3, 0.4) is 0 Å². The minimum absolute atomic E-state index is 0.426. The molecule has 0 radical (unpaired) electrons. The molecule has 4 aromatic rings. The second-order valence-electron chi connectivity index (χ2n) is 9.12. The van der Waals surface area contributed by atoms with E-state index in [1.807, 2.05) is 18.2 Å². The highest BCUT2D eigenvalue weighted by atomic mass is 35.5. The van der Waals surface area contributed by atoms with Gasteiger partial charge in [0.1, 0.15) is 11.4 Å². The first kappa shape index (κ1) is 24.1. The van der Waals surface area contributed by atoms with Crippen molar-refractivity contribution in [2.45, 2.75) is 45.4 Å². The number of aromatic nitrogens is 2. The van der Waals surface area contributed by atoms with Gasteiger partial charge in [-0.2, -0.15) is 0 Å². The smallest absolute Gasteiger partial charge is 0.246 e. The van der Waals surface area contributed by atoms with Crippen molar-refractivity contribution in [1.82, 2.24) is 9.97 Å². The molecule has 5 rings (SSSR count). The maximum absolute atomic E-state index is 6.28. The molecule has 0 spiro atoms. The first-order valence-electron chi connectivity index (χ1n) is 12.6. The monoisotopic (exact) mass is 495 g/mol. The molecule has 1 heterocycles. The average Bonchev–Trinajstić information content (AvgIpc) is 2.87. The Labute approximate surface area is 218 Å². The molecular weight excluding hydrogens is 466 g/mol. The molecule has 1 fully saturated rings. The van der Waals surface area contributed by atoms with Gasteiger partial charge in [-0.3, -0.25) is 0 Å². The topological polar surface area (TPSA) is 47.0 Å². The van der Waals surface area contributed by atoms with Crippen LogP contribution in [0.5, 0.6) is 11.6 Å². The fraction of sp³-hybridized carbons (Fsp3) is 0.226. The van der Waals surface area contributed by atoms with Gasteiger partial charge < -0.3 is 10.1 Å². The van der Waals surface area contributed by atoms with E-state index in [0.29, 0.717) is 22.3 Å². The number of nitrogens with zero attached hydrogens (tertiary/aromatic N) is 2. The maximum Gasteiger partial charge on any atom is 0.246 e. The summed E-state index contributed by atoms with van der Waals surface area (Å²) in [5, 5.41) is 4.24. The highest BCUT2D eigenvalue weighted by Crippen LogP contribution is 2.34. The summed E-state index contributed by atoms with van der Waals surface area (Å²) >= 11 is 6.28. The van der Waals surface area contributed by atoms with Gasteiger partial charge in [-0.25, -0.2) is 9.97 Å². The van der Waals surface area contributed by atoms with Gasteiger partial charge in [0, 0.05) is 35.8 Å². The normalized spacial score (nSPS) is 12.7. The van der Waals surface area contributed by atoms with Gasteiger partial charge in [-0.05, 0) is 61.1 Å². The molecule has 1 aliphatic carbocycles. The summed E-state index contributed by atoms with van der Waals surface area (Å²) < 4.78 is 6.00. The molecule has 4 nitrogen and oxygen atoms in total. The minimum atomic E-state index is 0.426. The highest BCUT2D eigenvalue weighted by molar-refractivity contribution is 6.32. The van der Waals surface area contributed by atoms with Crippen molar-refractivity contribution in [2.75, 3.05) is 5.32 Å². The van der Waals surface area contributed by atoms with Gasteiger partial charge in [0.05, 0.1) is 5.02 Å². The van der Waals surface area contributed by atoms with Gasteiger partial charge in [0.25, 0.3) is 0 Å². The standard InChI is InChI=1S/C31H30ClN3O/c1-2-6-22-11-13-23(14-12-22)21-28(24-7-5-8-24)35-26-17-15-25(16-18-26)30-31(34-20-19-33-30)36-29-10-4-3-9-27(29)32/h3-4,9-20,35H,2,5-8,21H2,1H3. The molecule has 0 atom stereocenters. The number of nitrogens with one attached hydrogen (secondary N) is 1. The van der Waals surface area contributed by atoms with Crippen molar-refractivity contribution < 1.29 is 4.74 Å². The third kappa shape index (κ3) is 5.77. The van der Waals surface area contributed by atoms with Crippen molar-refractivity contribution in [3.63, 3.8) is 0 Å². The molecule has 1 N–H and O–H groups in total. The Hall–Kier alpha value is -3.63. The molecule has 1 aromatic heterocycles. The predicted molar refractivity (Wildman–Crippen MR) is 148 cm³/mol. The van der Waals surface area contributed by atoms with Gasteiger partial charge in [0.2, 0.25) is 5.88 Å². The number of anilines is 1. The van der Waals surface area contributed by atoms with Crippen LogP contribution >= 0.6 is 11.6 Å². The lowest BCUT2D eigenvalue weighted by atomic mass is 9.88. The lowest BCUT2D eigenvalue weighted by molar-refractivity contribution is 0.463. The fourth-order valence-electron chi connectivity index (χ4n) is 4.34. The molecule has 0 amide bonds. The zero-order valence-electron chi connectivity index (χ0n) is 20.5. The van der Waals surface area contributed by atoms with Crippen LogP contribution in [0.25, 0.3) is 11.3 Å². The molecule has 36 heavy (non-hydrogen) atoms. The molecule has 5 heteroatoms. The van der Waals surface area contributed by atoms with Gasteiger partial charge in [0.15, 0.2) is 0 Å². The number of benzene rings is 3. The van der Waals surface area contributed by atoms with E-state index in [4.69, 9.17) is 16.3 Å². The van der Waals surface area contributed by atoms with Gasteiger partial charge >= 0.3 is 0 Å². The van der Waals surface area contributed by atoms with Crippen molar-refractivity contribution in [1.29, 1.82) is 0 Å². The van der Waals surface area contributed by atoms with Crippen molar-refractivity contribution in [2.24, 2.45) is 0 Å². The van der Waals surface area contributed by atoms with Crippen LogP contribution in [-0.2, 0) is 12.8 Å². The van der Waals surface area contributed by atoms with E-state index in [9.17, 15) is 0 Å². The number of rotatable bonds is 9. The summed E-state index contributed by atoms with van der Waals surface area (Å²) in [7, 11) is 0. The zero-order valence-corrected chi connectivity index (χ0v) is 21.3. The number of ether oxygens (including phenoxy) is 1. The van der Waals surface area contributed by atoms with E-state index < -0.39 is 0 Å². The quantitative estimate of drug-likeness (QED) is 0.252. The van der Waals surface area contributed by atoms with Crippen LogP contribution in [0, 0.1) is 0 Å². The number of para-hydroxylation sites is 1. The zero-order chi connectivity index (χ0) is 24.7. The number of allylic oxidation sites excluding steroid dienone is 2. The van der Waals surface area contributed by atoms with Crippen molar-refractivity contribution in [3.05, 3.63) is 113 Å². The number of hydrogen-bond donors (Lipinski definition) is 1. The number of halogens is 1. The average molecular weight is 496 g/mol. The first-order chi connectivity index (χ1) is 17.7. The summed E-state index contributed by atoms with van der Waals surface area (Å²) in [6.45, 7) is 2.22. The van der Waals surface area contributed by atoms with Crippen LogP contribution in [0.2, 0.25) is 5.02 Å². The maximum atomic E-state index is 6.28. The third-order valence-electron chi connectivity index (χ3n) is 6.49. The minimum Gasteiger partial charge on any atom is -0.435 e. The van der Waals surface area contributed by atoms with Crippen LogP contribution in [-0.4, -0.2) is 9.97 Å². The van der Waals surface area contributed by atoms with Gasteiger partial charge in [-0.15, -0.1) is 0 Å². The van der Waals surface area contributed by atoms with Crippen molar-refractivity contribution >= 4 is 17.3 Å². The first-order valence-corrected chi connectivity index (χ1v) is 13.0. The van der Waals surface area contributed by atoms with E-state index in [-0.39, 0.29) is 0 Å². The predicted octanol–water partition coefficient (Wildman–Crippen LogP) is 8.63. The molecule has 1 aliphatic rings. The van der Waals surface area contributed by atoms with E-state index in [1.54, 1.807) is 18.5 Å². The van der Waals surface area contributed by atoms with Crippen LogP contribution in [0.4, 0.5) is 5.69 Å². The number of aryl methyl sites for hydroxylation is 1. The Morgan fingerprint density at radius 3 is 2.31 bits per heavy atom. The van der Waals surface area contributed by atoms with E-state index >= 15 is 0 Å². The largest absolute Gasteiger partial charge is 0.435 e. The fourth-order valence-corrected chi connectivity index (χ4v) is 4.52. The molecule has 0 unspecified atom stereocenters. The van der Waals surface area contributed by atoms with E-state index in [2.05, 4.69) is 70.7 Å². The van der Waals surface area contributed by atoms with Crippen LogP contribution in [0.15, 0.2) is 96.5 Å². The molecule has 0 saturated heterocycles. The Bertz CT molecular complexity index is 1340. The SMILES string of the molecule is CCCc1ccc(CC(Nc2ccc(-c3nccnc3Oc3ccccc3Cl)cc2)=C2CCC2)cc1. The summed E-state index contributed by atoms with van der Waals surface area (Å²) in [6, 6.07) is 24.7. The highest BCUT2D eigenvalue weighted by Gasteiger charge is 2.16. The molecular formula is C31H30ClN3O. The Morgan fingerprint density at radius 2 is 1.61 bits per heavy atom. The lowest BCUT2D eigenvalue weighted by Crippen LogP contribution is -2.11. The summed E-state index contributed by atoms with van der Waals surface area (Å²) in [6.07, 6.45) is 10.2. The molecule has 182 valence electrons. The molecule has 0 bridgehead atoms. The summed E-state index contributed by atoms with van der Waals surface area (Å²) in [4.78, 5) is 8.93. The van der Waals surface area contributed by atoms with E-state index in [1.165, 1.54) is 48.1 Å². The molecule has 3 aromatic carbocycles. The van der Waals surface area contributed by atoms with Gasteiger partial charge in [-0.1, -0.05) is 79.0 Å². The Kier molecular flexibility index (Phi) is 7.63. The van der Waals surface area contributed by atoms with Crippen LogP contribution < -0.4 is 10.1 Å². The Balaban J connectivity index is 1.33. The second kappa shape index (κ2) is 11.4. The second-order valence-corrected chi connectivity index (χ2v) is 9.53. The summed E-state index contributed by atoms with van der Waals surface area (Å²) in [5.74, 6) is 0.980. The van der Waals surface area contributed by atoms with E-state index in [0.717, 1.165) is 24.1 Å². The van der Waals surface area contributed by atoms with Crippen molar-refractivity contribution in [3.8, 4) is 22.9 Å². The third-order valence-corrected chi connectivity index (χ3v) is 6.80. The van der Waals surface area contributed by atoms with Crippen LogP contribution in [0.1, 0.15) is 43.7 Å². The summed E-state index contributed by atoms with van der Waals surface area (Å²) in [5.41, 5.74) is 8.27. The lowest BCUT2D eigenvalue weighted by Gasteiger charge is -2.24. The number of hydrogen-bond acceptors (Lipinski definition) is 4.